The number of carbonyl (C=O) groups excluding carboxylic acids is 3. The van der Waals surface area contributed by atoms with Crippen LogP contribution >= 0.6 is 0 Å². The van der Waals surface area contributed by atoms with Crippen LogP contribution in [0.1, 0.15) is 31.2 Å². The second-order valence-electron chi connectivity index (χ2n) is 6.46. The largest absolute Gasteiger partial charge is 0.432 e. The van der Waals surface area contributed by atoms with Crippen LogP contribution in [-0.2, 0) is 19.1 Å². The first-order valence-corrected chi connectivity index (χ1v) is 7.86. The highest BCUT2D eigenvalue weighted by molar-refractivity contribution is 6.31. The molecule has 0 N–H and O–H groups in total. The van der Waals surface area contributed by atoms with E-state index < -0.39 is 23.0 Å². The molecule has 2 aliphatic heterocycles. The van der Waals surface area contributed by atoms with Gasteiger partial charge in [-0.3, -0.25) is 9.59 Å². The van der Waals surface area contributed by atoms with Crippen molar-refractivity contribution >= 4 is 23.2 Å². The Balaban J connectivity index is 1.90. The van der Waals surface area contributed by atoms with Gasteiger partial charge in [-0.25, -0.2) is 4.79 Å². The van der Waals surface area contributed by atoms with Crippen molar-refractivity contribution in [3.05, 3.63) is 42.0 Å². The van der Waals surface area contributed by atoms with Gasteiger partial charge in [0.25, 0.3) is 11.5 Å². The van der Waals surface area contributed by atoms with Crippen LogP contribution in [-0.4, -0.2) is 40.7 Å². The first-order chi connectivity index (χ1) is 11.0. The van der Waals surface area contributed by atoms with Crippen molar-refractivity contribution in [1.82, 2.24) is 4.90 Å². The van der Waals surface area contributed by atoms with Gasteiger partial charge in [-0.15, -0.1) is 0 Å². The third-order valence-electron chi connectivity index (χ3n) is 5.40. The number of ether oxygens (including phenoxy) is 1. The first kappa shape index (κ1) is 14.2. The van der Waals surface area contributed by atoms with Crippen LogP contribution in [0.15, 0.2) is 36.4 Å². The molecule has 0 radical (unpaired) electrons. The molecule has 1 aliphatic carbocycles. The highest BCUT2D eigenvalue weighted by Gasteiger charge is 2.71. The van der Waals surface area contributed by atoms with E-state index in [4.69, 9.17) is 4.74 Å². The molecule has 1 aromatic rings. The van der Waals surface area contributed by atoms with E-state index in [-0.39, 0.29) is 5.78 Å². The summed E-state index contributed by atoms with van der Waals surface area (Å²) in [6.07, 6.45) is 4.35. The molecule has 23 heavy (non-hydrogen) atoms. The lowest BCUT2D eigenvalue weighted by molar-refractivity contribution is -0.159. The van der Waals surface area contributed by atoms with Gasteiger partial charge in [0.05, 0.1) is 0 Å². The number of hydrogen-bond acceptors (Lipinski definition) is 4. The van der Waals surface area contributed by atoms with Crippen molar-refractivity contribution in [1.29, 1.82) is 0 Å². The number of Topliss-reactive ketones (excluding diaryl/α,β-unsaturated/α-hetero) is 1. The highest BCUT2D eigenvalue weighted by Crippen LogP contribution is 2.51. The first-order valence-electron chi connectivity index (χ1n) is 7.86. The second-order valence-corrected chi connectivity index (χ2v) is 6.46. The molecule has 5 nitrogen and oxygen atoms in total. The topological polar surface area (TPSA) is 63.7 Å². The normalized spacial score (nSPS) is 28.8. The van der Waals surface area contributed by atoms with Gasteiger partial charge < -0.3 is 9.64 Å². The van der Waals surface area contributed by atoms with Crippen LogP contribution in [0.5, 0.6) is 0 Å². The predicted molar refractivity (Wildman–Crippen MR) is 82.2 cm³/mol. The number of carbonyl (C=O) groups is 3. The molecule has 1 unspecified atom stereocenters. The maximum Gasteiger partial charge on any atom is 0.333 e. The smallest absolute Gasteiger partial charge is 0.333 e. The molecular formula is C18H17NO4. The lowest BCUT2D eigenvalue weighted by Crippen LogP contribution is -2.48. The minimum Gasteiger partial charge on any atom is -0.432 e. The molecule has 0 bridgehead atoms. The SMILES string of the molecule is CN1C(=O)C2(OC(=O)C=C2c2ccccc2)C(=O)C12CCCC2. The Labute approximate surface area is 133 Å². The minimum atomic E-state index is -1.79. The Hall–Kier alpha value is -2.43. The summed E-state index contributed by atoms with van der Waals surface area (Å²) in [4.78, 5) is 39.8. The number of ketones is 1. The Morgan fingerprint density at radius 3 is 2.35 bits per heavy atom. The van der Waals surface area contributed by atoms with Gasteiger partial charge in [0.1, 0.15) is 5.54 Å². The summed E-state index contributed by atoms with van der Waals surface area (Å²) in [5.74, 6) is -1.34. The Bertz CT molecular complexity index is 746. The maximum absolute atomic E-state index is 13.3. The zero-order chi connectivity index (χ0) is 16.2. The Kier molecular flexibility index (Phi) is 2.80. The van der Waals surface area contributed by atoms with Gasteiger partial charge in [-0.2, -0.15) is 0 Å². The molecule has 2 fully saturated rings. The number of nitrogens with zero attached hydrogens (tertiary/aromatic N) is 1. The van der Waals surface area contributed by atoms with E-state index in [2.05, 4.69) is 0 Å². The summed E-state index contributed by atoms with van der Waals surface area (Å²) in [7, 11) is 1.65. The summed E-state index contributed by atoms with van der Waals surface area (Å²) in [6, 6.07) is 9.04. The van der Waals surface area contributed by atoms with Gasteiger partial charge >= 0.3 is 5.97 Å². The fourth-order valence-corrected chi connectivity index (χ4v) is 4.22. The number of rotatable bonds is 1. The number of amides is 1. The molecular weight excluding hydrogens is 294 g/mol. The van der Waals surface area contributed by atoms with Crippen molar-refractivity contribution in [2.75, 3.05) is 7.05 Å². The van der Waals surface area contributed by atoms with Crippen molar-refractivity contribution in [3.63, 3.8) is 0 Å². The van der Waals surface area contributed by atoms with Crippen molar-refractivity contribution in [3.8, 4) is 0 Å². The van der Waals surface area contributed by atoms with Crippen molar-refractivity contribution < 1.29 is 19.1 Å². The van der Waals surface area contributed by atoms with E-state index in [1.165, 1.54) is 11.0 Å². The second kappa shape index (κ2) is 4.54. The lowest BCUT2D eigenvalue weighted by atomic mass is 9.80. The molecule has 1 atom stereocenters. The number of likely N-dealkylation sites (N-methyl/N-ethyl adjacent to an activating group) is 1. The minimum absolute atomic E-state index is 0.282. The fourth-order valence-electron chi connectivity index (χ4n) is 4.22. The van der Waals surface area contributed by atoms with Gasteiger partial charge in [0.15, 0.2) is 0 Å². The maximum atomic E-state index is 13.3. The molecule has 1 saturated heterocycles. The lowest BCUT2D eigenvalue weighted by Gasteiger charge is -2.29. The molecule has 5 heteroatoms. The molecule has 1 amide bonds. The summed E-state index contributed by atoms with van der Waals surface area (Å²) in [5, 5.41) is 0. The fraction of sp³-hybridized carbons (Fsp3) is 0.389. The Morgan fingerprint density at radius 1 is 1.04 bits per heavy atom. The predicted octanol–water partition coefficient (Wildman–Crippen LogP) is 1.72. The summed E-state index contributed by atoms with van der Waals surface area (Å²) < 4.78 is 5.39. The summed E-state index contributed by atoms with van der Waals surface area (Å²) in [6.45, 7) is 0. The van der Waals surface area contributed by atoms with E-state index in [0.717, 1.165) is 12.8 Å². The number of likely N-dealkylation sites (tertiary alicyclic amines) is 1. The van der Waals surface area contributed by atoms with Gasteiger partial charge in [0, 0.05) is 18.7 Å². The van der Waals surface area contributed by atoms with E-state index >= 15 is 0 Å². The van der Waals surface area contributed by atoms with E-state index in [0.29, 0.717) is 24.0 Å². The zero-order valence-corrected chi connectivity index (χ0v) is 12.9. The average Bonchev–Trinajstić information content (AvgIpc) is 3.22. The Morgan fingerprint density at radius 2 is 1.70 bits per heavy atom. The van der Waals surface area contributed by atoms with Gasteiger partial charge in [-0.1, -0.05) is 43.2 Å². The van der Waals surface area contributed by atoms with E-state index in [9.17, 15) is 14.4 Å². The van der Waals surface area contributed by atoms with E-state index in [1.54, 1.807) is 19.2 Å². The number of hydrogen-bond donors (Lipinski definition) is 0. The third kappa shape index (κ3) is 1.59. The highest BCUT2D eigenvalue weighted by atomic mass is 16.6. The molecule has 0 aromatic heterocycles. The van der Waals surface area contributed by atoms with E-state index in [1.807, 2.05) is 18.2 Å². The quantitative estimate of drug-likeness (QED) is 0.585. The van der Waals surface area contributed by atoms with Crippen LogP contribution in [0.3, 0.4) is 0 Å². The molecule has 1 saturated carbocycles. The molecule has 2 heterocycles. The molecule has 118 valence electrons. The molecule has 1 aromatic carbocycles. The standard InChI is InChI=1S/C18H17NO4/c1-19-16(22)18(15(21)17(19)9-5-6-10-17)13(11-14(20)23-18)12-7-3-2-4-8-12/h2-4,7-8,11H,5-6,9-10H2,1H3. The zero-order valence-electron chi connectivity index (χ0n) is 12.9. The molecule has 3 aliphatic rings. The van der Waals surface area contributed by atoms with Crippen LogP contribution < -0.4 is 0 Å². The number of esters is 1. The van der Waals surface area contributed by atoms with Crippen molar-refractivity contribution in [2.24, 2.45) is 0 Å². The summed E-state index contributed by atoms with van der Waals surface area (Å²) >= 11 is 0. The summed E-state index contributed by atoms with van der Waals surface area (Å²) in [5.41, 5.74) is -1.58. The number of benzene rings is 1. The van der Waals surface area contributed by atoms with Gasteiger partial charge in [-0.05, 0) is 18.4 Å². The van der Waals surface area contributed by atoms with Crippen LogP contribution in [0.2, 0.25) is 0 Å². The average molecular weight is 311 g/mol. The third-order valence-corrected chi connectivity index (χ3v) is 5.40. The van der Waals surface area contributed by atoms with Crippen LogP contribution in [0.4, 0.5) is 0 Å². The van der Waals surface area contributed by atoms with Crippen LogP contribution in [0, 0.1) is 0 Å². The van der Waals surface area contributed by atoms with Gasteiger partial charge in [0.2, 0.25) is 5.78 Å². The van der Waals surface area contributed by atoms with Crippen molar-refractivity contribution in [2.45, 2.75) is 36.8 Å². The molecule has 2 spiro atoms. The monoisotopic (exact) mass is 311 g/mol. The van der Waals surface area contributed by atoms with Crippen LogP contribution in [0.25, 0.3) is 5.57 Å². The molecule has 4 rings (SSSR count).